The normalized spacial score (nSPS) is 16.8. The third-order valence-electron chi connectivity index (χ3n) is 3.17. The first-order chi connectivity index (χ1) is 9.65. The molecule has 0 spiro atoms. The molecule has 0 bridgehead atoms. The van der Waals surface area contributed by atoms with Crippen LogP contribution < -0.4 is 10.1 Å². The number of halogens is 1. The number of phenols is 1. The van der Waals surface area contributed by atoms with Crippen molar-refractivity contribution < 1.29 is 14.6 Å². The number of carbonyl (C=O) groups is 1. The summed E-state index contributed by atoms with van der Waals surface area (Å²) in [5, 5.41) is 12.7. The molecule has 2 N–H and O–H groups in total. The second-order valence-corrected chi connectivity index (χ2v) is 4.94. The molecule has 1 aliphatic rings. The Bertz CT molecular complexity index is 672. The summed E-state index contributed by atoms with van der Waals surface area (Å²) in [4.78, 5) is 12.4. The van der Waals surface area contributed by atoms with Gasteiger partial charge in [0.2, 0.25) is 0 Å². The summed E-state index contributed by atoms with van der Waals surface area (Å²) in [6.07, 6.45) is 0. The predicted molar refractivity (Wildman–Crippen MR) is 76.8 cm³/mol. The van der Waals surface area contributed by atoms with E-state index < -0.39 is 6.04 Å². The van der Waals surface area contributed by atoms with E-state index in [2.05, 4.69) is 5.32 Å². The van der Waals surface area contributed by atoms with Crippen molar-refractivity contribution in [3.05, 3.63) is 53.1 Å². The van der Waals surface area contributed by atoms with E-state index in [0.717, 1.165) is 11.4 Å². The highest BCUT2D eigenvalue weighted by Gasteiger charge is 2.26. The Morgan fingerprint density at radius 1 is 1.30 bits per heavy atom. The number of ether oxygens (including phenoxy) is 1. The maximum atomic E-state index is 12.4. The lowest BCUT2D eigenvalue weighted by molar-refractivity contribution is 0.0938. The molecule has 0 aromatic heterocycles. The molecular formula is C15H12ClNO3. The van der Waals surface area contributed by atoms with Gasteiger partial charge in [-0.3, -0.25) is 4.79 Å². The highest BCUT2D eigenvalue weighted by molar-refractivity contribution is 6.32. The van der Waals surface area contributed by atoms with E-state index in [1.54, 1.807) is 6.07 Å². The third kappa shape index (κ3) is 2.30. The zero-order valence-electron chi connectivity index (χ0n) is 10.5. The second kappa shape index (κ2) is 5.06. The van der Waals surface area contributed by atoms with Crippen LogP contribution in [-0.2, 0) is 0 Å². The number of nitrogens with one attached hydrogen (secondary N) is 1. The molecule has 0 aliphatic carbocycles. The molecule has 3 rings (SSSR count). The summed E-state index contributed by atoms with van der Waals surface area (Å²) in [6, 6.07) is 11.4. The minimum Gasteiger partial charge on any atom is -0.506 e. The van der Waals surface area contributed by atoms with Crippen LogP contribution in [0.3, 0.4) is 0 Å². The van der Waals surface area contributed by atoms with E-state index in [4.69, 9.17) is 16.3 Å². The van der Waals surface area contributed by atoms with Crippen molar-refractivity contribution in [1.29, 1.82) is 0 Å². The summed E-state index contributed by atoms with van der Waals surface area (Å²) in [5.41, 5.74) is 1.23. The Labute approximate surface area is 120 Å². The van der Waals surface area contributed by atoms with Crippen LogP contribution in [0.15, 0.2) is 42.5 Å². The lowest BCUT2D eigenvalue weighted by Gasteiger charge is -2.26. The number of fused-ring (bicyclic) bond motifs is 1. The van der Waals surface area contributed by atoms with Gasteiger partial charge in [-0.2, -0.15) is 0 Å². The molecule has 0 saturated carbocycles. The molecule has 1 aliphatic heterocycles. The van der Waals surface area contributed by atoms with Gasteiger partial charge in [0.05, 0.1) is 10.7 Å². The highest BCUT2D eigenvalue weighted by atomic mass is 35.5. The fraction of sp³-hybridized carbons (Fsp3) is 0.133. The SMILES string of the molecule is O=C(c1ccc(O)c(Cl)c1)C1COc2ccccc2N1. The molecule has 1 atom stereocenters. The van der Waals surface area contributed by atoms with Gasteiger partial charge in [-0.25, -0.2) is 0 Å². The number of benzene rings is 2. The maximum Gasteiger partial charge on any atom is 0.188 e. The van der Waals surface area contributed by atoms with Gasteiger partial charge in [-0.05, 0) is 30.3 Å². The Morgan fingerprint density at radius 3 is 2.90 bits per heavy atom. The standard InChI is InChI=1S/C15H12ClNO3/c16-10-7-9(5-6-13(10)18)15(19)12-8-20-14-4-2-1-3-11(14)17-12/h1-7,12,17-18H,8H2. The van der Waals surface area contributed by atoms with Gasteiger partial charge in [-0.1, -0.05) is 23.7 Å². The fourth-order valence-corrected chi connectivity index (χ4v) is 2.30. The topological polar surface area (TPSA) is 58.6 Å². The van der Waals surface area contributed by atoms with Crippen molar-refractivity contribution in [1.82, 2.24) is 0 Å². The first-order valence-corrected chi connectivity index (χ1v) is 6.54. The van der Waals surface area contributed by atoms with Gasteiger partial charge in [0, 0.05) is 5.56 Å². The zero-order chi connectivity index (χ0) is 14.1. The van der Waals surface area contributed by atoms with Crippen LogP contribution >= 0.6 is 11.6 Å². The average Bonchev–Trinajstić information content (AvgIpc) is 2.49. The van der Waals surface area contributed by atoms with Crippen molar-refractivity contribution in [2.24, 2.45) is 0 Å². The molecule has 0 radical (unpaired) electrons. The molecular weight excluding hydrogens is 278 g/mol. The smallest absolute Gasteiger partial charge is 0.188 e. The first kappa shape index (κ1) is 12.8. The number of ketones is 1. The first-order valence-electron chi connectivity index (χ1n) is 6.16. The quantitative estimate of drug-likeness (QED) is 0.834. The number of hydrogen-bond donors (Lipinski definition) is 2. The predicted octanol–water partition coefficient (Wildman–Crippen LogP) is 3.10. The molecule has 4 nitrogen and oxygen atoms in total. The Morgan fingerprint density at radius 2 is 2.10 bits per heavy atom. The number of aromatic hydroxyl groups is 1. The largest absolute Gasteiger partial charge is 0.506 e. The second-order valence-electron chi connectivity index (χ2n) is 4.53. The van der Waals surface area contributed by atoms with Crippen molar-refractivity contribution >= 4 is 23.1 Å². The summed E-state index contributed by atoms with van der Waals surface area (Å²) in [5.74, 6) is 0.572. The third-order valence-corrected chi connectivity index (χ3v) is 3.47. The molecule has 0 fully saturated rings. The highest BCUT2D eigenvalue weighted by Crippen LogP contribution is 2.30. The van der Waals surface area contributed by atoms with Crippen LogP contribution in [0.25, 0.3) is 0 Å². The van der Waals surface area contributed by atoms with Gasteiger partial charge in [-0.15, -0.1) is 0 Å². The number of Topliss-reactive ketones (excluding diaryl/α,β-unsaturated/α-hetero) is 1. The van der Waals surface area contributed by atoms with Crippen molar-refractivity contribution in [2.75, 3.05) is 11.9 Å². The van der Waals surface area contributed by atoms with Crippen LogP contribution in [0.5, 0.6) is 11.5 Å². The number of carbonyl (C=O) groups excluding carboxylic acids is 1. The summed E-state index contributed by atoms with van der Waals surface area (Å²) < 4.78 is 5.57. The van der Waals surface area contributed by atoms with Crippen molar-refractivity contribution in [3.63, 3.8) is 0 Å². The number of anilines is 1. The van der Waals surface area contributed by atoms with Crippen LogP contribution in [0.2, 0.25) is 5.02 Å². The van der Waals surface area contributed by atoms with Gasteiger partial charge in [0.1, 0.15) is 24.1 Å². The molecule has 1 unspecified atom stereocenters. The van der Waals surface area contributed by atoms with Crippen molar-refractivity contribution in [2.45, 2.75) is 6.04 Å². The number of para-hydroxylation sites is 2. The minimum atomic E-state index is -0.467. The van der Waals surface area contributed by atoms with Gasteiger partial charge >= 0.3 is 0 Å². The number of hydrogen-bond acceptors (Lipinski definition) is 4. The summed E-state index contributed by atoms with van der Waals surface area (Å²) >= 11 is 5.82. The summed E-state index contributed by atoms with van der Waals surface area (Å²) in [6.45, 7) is 0.258. The van der Waals surface area contributed by atoms with Gasteiger partial charge in [0.15, 0.2) is 5.78 Å². The van der Waals surface area contributed by atoms with Crippen LogP contribution in [0, 0.1) is 0 Å². The Kier molecular flexibility index (Phi) is 3.24. The van der Waals surface area contributed by atoms with E-state index in [1.165, 1.54) is 12.1 Å². The monoisotopic (exact) mass is 289 g/mol. The molecule has 20 heavy (non-hydrogen) atoms. The van der Waals surface area contributed by atoms with Crippen LogP contribution in [-0.4, -0.2) is 23.5 Å². The van der Waals surface area contributed by atoms with Crippen LogP contribution in [0.4, 0.5) is 5.69 Å². The van der Waals surface area contributed by atoms with E-state index in [9.17, 15) is 9.90 Å². The maximum absolute atomic E-state index is 12.4. The fourth-order valence-electron chi connectivity index (χ4n) is 2.12. The molecule has 5 heteroatoms. The number of rotatable bonds is 2. The number of phenolic OH excluding ortho intramolecular Hbond substituents is 1. The molecule has 2 aromatic rings. The van der Waals surface area contributed by atoms with E-state index >= 15 is 0 Å². The Hall–Kier alpha value is -2.20. The van der Waals surface area contributed by atoms with E-state index in [-0.39, 0.29) is 23.2 Å². The summed E-state index contributed by atoms with van der Waals surface area (Å²) in [7, 11) is 0. The van der Waals surface area contributed by atoms with E-state index in [1.807, 2.05) is 24.3 Å². The average molecular weight is 290 g/mol. The van der Waals surface area contributed by atoms with Crippen LogP contribution in [0.1, 0.15) is 10.4 Å². The minimum absolute atomic E-state index is 0.0404. The molecule has 1 heterocycles. The molecule has 2 aromatic carbocycles. The molecule has 0 saturated heterocycles. The zero-order valence-corrected chi connectivity index (χ0v) is 11.2. The molecule has 102 valence electrons. The Balaban J connectivity index is 1.84. The lowest BCUT2D eigenvalue weighted by Crippen LogP contribution is -2.38. The lowest BCUT2D eigenvalue weighted by atomic mass is 10.0. The van der Waals surface area contributed by atoms with Gasteiger partial charge < -0.3 is 15.2 Å². The molecule has 0 amide bonds. The van der Waals surface area contributed by atoms with E-state index in [0.29, 0.717) is 5.56 Å². The van der Waals surface area contributed by atoms with Gasteiger partial charge in [0.25, 0.3) is 0 Å². The van der Waals surface area contributed by atoms with Crippen molar-refractivity contribution in [3.8, 4) is 11.5 Å².